The number of rotatable bonds is 1. The average Bonchev–Trinajstić information content (AvgIpc) is 2.39. The average molecular weight is 194 g/mol. The minimum atomic E-state index is -0.817. The normalized spacial score (nSPS) is 24.7. The maximum Gasteiger partial charge on any atom is 0.311 e. The fourth-order valence-electron chi connectivity index (χ4n) is 2.20. The number of carboxylic acids is 1. The Hall–Kier alpha value is -1.38. The minimum absolute atomic E-state index is 0.0595. The number of aliphatic carboxylic acids is 1. The van der Waals surface area contributed by atoms with Crippen molar-refractivity contribution in [3.05, 3.63) is 35.1 Å². The number of hydrogen-bond acceptors (Lipinski definition) is 1. The highest BCUT2D eigenvalue weighted by Crippen LogP contribution is 2.37. The summed E-state index contributed by atoms with van der Waals surface area (Å²) in [5, 5.41) is 9.01. The quantitative estimate of drug-likeness (QED) is 0.744. The molecule has 2 nitrogen and oxygen atoms in total. The third-order valence-electron chi connectivity index (χ3n) is 2.82. The van der Waals surface area contributed by atoms with Crippen molar-refractivity contribution in [2.24, 2.45) is 5.92 Å². The van der Waals surface area contributed by atoms with Gasteiger partial charge in [-0.1, -0.05) is 13.0 Å². The first-order valence-corrected chi connectivity index (χ1v) is 4.60. The lowest BCUT2D eigenvalue weighted by molar-refractivity contribution is -0.139. The SMILES string of the molecule is CC1Cc2cc(F)ccc2C1C(=O)O. The van der Waals surface area contributed by atoms with Gasteiger partial charge in [-0.3, -0.25) is 4.79 Å². The third kappa shape index (κ3) is 1.29. The Labute approximate surface area is 81.4 Å². The molecule has 0 amide bonds. The van der Waals surface area contributed by atoms with Gasteiger partial charge in [0.1, 0.15) is 5.82 Å². The van der Waals surface area contributed by atoms with Crippen LogP contribution in [0, 0.1) is 11.7 Å². The maximum absolute atomic E-state index is 12.9. The van der Waals surface area contributed by atoms with Gasteiger partial charge >= 0.3 is 5.97 Å². The van der Waals surface area contributed by atoms with E-state index in [4.69, 9.17) is 5.11 Å². The Balaban J connectivity index is 2.48. The van der Waals surface area contributed by atoms with Crippen LogP contribution in [0.4, 0.5) is 4.39 Å². The van der Waals surface area contributed by atoms with E-state index in [2.05, 4.69) is 0 Å². The first-order chi connectivity index (χ1) is 6.59. The van der Waals surface area contributed by atoms with E-state index in [-0.39, 0.29) is 11.7 Å². The number of benzene rings is 1. The van der Waals surface area contributed by atoms with E-state index in [0.717, 1.165) is 11.1 Å². The Morgan fingerprint density at radius 2 is 2.29 bits per heavy atom. The molecule has 2 unspecified atom stereocenters. The summed E-state index contributed by atoms with van der Waals surface area (Å²) >= 11 is 0. The van der Waals surface area contributed by atoms with Crippen LogP contribution in [0.15, 0.2) is 18.2 Å². The van der Waals surface area contributed by atoms with Gasteiger partial charge in [0.05, 0.1) is 5.92 Å². The second-order valence-corrected chi connectivity index (χ2v) is 3.84. The fourth-order valence-corrected chi connectivity index (χ4v) is 2.20. The van der Waals surface area contributed by atoms with Gasteiger partial charge in [0.15, 0.2) is 0 Å². The van der Waals surface area contributed by atoms with Gasteiger partial charge in [-0.15, -0.1) is 0 Å². The van der Waals surface area contributed by atoms with E-state index in [1.54, 1.807) is 6.07 Å². The molecule has 1 N–H and O–H groups in total. The van der Waals surface area contributed by atoms with Crippen LogP contribution < -0.4 is 0 Å². The van der Waals surface area contributed by atoms with Crippen molar-refractivity contribution < 1.29 is 14.3 Å². The Kier molecular flexibility index (Phi) is 2.02. The van der Waals surface area contributed by atoms with Crippen LogP contribution in [0.5, 0.6) is 0 Å². The Morgan fingerprint density at radius 3 is 2.93 bits per heavy atom. The summed E-state index contributed by atoms with van der Waals surface area (Å²) in [6, 6.07) is 4.36. The monoisotopic (exact) mass is 194 g/mol. The molecule has 1 aromatic carbocycles. The molecule has 0 spiro atoms. The third-order valence-corrected chi connectivity index (χ3v) is 2.82. The molecule has 3 heteroatoms. The summed E-state index contributed by atoms with van der Waals surface area (Å²) < 4.78 is 12.9. The molecule has 2 atom stereocenters. The molecule has 1 aliphatic carbocycles. The van der Waals surface area contributed by atoms with Gasteiger partial charge in [0.2, 0.25) is 0 Å². The van der Waals surface area contributed by atoms with Crippen molar-refractivity contribution in [3.63, 3.8) is 0 Å². The predicted octanol–water partition coefficient (Wildman–Crippen LogP) is 2.19. The van der Waals surface area contributed by atoms with Gasteiger partial charge in [0.25, 0.3) is 0 Å². The van der Waals surface area contributed by atoms with E-state index < -0.39 is 11.9 Å². The summed E-state index contributed by atoms with van der Waals surface area (Å²) in [5.74, 6) is -1.51. The first kappa shape index (κ1) is 9.19. The van der Waals surface area contributed by atoms with Crippen LogP contribution in [0.25, 0.3) is 0 Å². The smallest absolute Gasteiger partial charge is 0.311 e. The number of fused-ring (bicyclic) bond motifs is 1. The number of halogens is 1. The minimum Gasteiger partial charge on any atom is -0.481 e. The van der Waals surface area contributed by atoms with Crippen molar-refractivity contribution in [2.75, 3.05) is 0 Å². The van der Waals surface area contributed by atoms with Crippen LogP contribution in [-0.4, -0.2) is 11.1 Å². The van der Waals surface area contributed by atoms with Gasteiger partial charge in [-0.05, 0) is 35.6 Å². The molecule has 0 aliphatic heterocycles. The summed E-state index contributed by atoms with van der Waals surface area (Å²) in [6.45, 7) is 1.89. The molecule has 1 aromatic rings. The van der Waals surface area contributed by atoms with Crippen molar-refractivity contribution in [1.82, 2.24) is 0 Å². The van der Waals surface area contributed by atoms with Gasteiger partial charge in [-0.25, -0.2) is 4.39 Å². The second kappa shape index (κ2) is 3.08. The Bertz CT molecular complexity index is 387. The van der Waals surface area contributed by atoms with Crippen LogP contribution in [-0.2, 0) is 11.2 Å². The fraction of sp³-hybridized carbons (Fsp3) is 0.364. The molecule has 0 saturated carbocycles. The molecule has 0 fully saturated rings. The molecule has 0 bridgehead atoms. The molecular weight excluding hydrogens is 183 g/mol. The molecule has 14 heavy (non-hydrogen) atoms. The van der Waals surface area contributed by atoms with Gasteiger partial charge < -0.3 is 5.11 Å². The molecule has 0 radical (unpaired) electrons. The molecule has 1 aliphatic rings. The summed E-state index contributed by atoms with van der Waals surface area (Å²) in [6.07, 6.45) is 0.657. The van der Waals surface area contributed by atoms with E-state index in [0.29, 0.717) is 6.42 Å². The molecule has 0 aromatic heterocycles. The standard InChI is InChI=1S/C11H11FO2/c1-6-4-7-5-8(12)2-3-9(7)10(6)11(13)14/h2-3,5-6,10H,4H2,1H3,(H,13,14). The summed E-state index contributed by atoms with van der Waals surface area (Å²) in [7, 11) is 0. The maximum atomic E-state index is 12.9. The molecule has 2 rings (SSSR count). The number of hydrogen-bond donors (Lipinski definition) is 1. The largest absolute Gasteiger partial charge is 0.481 e. The molecular formula is C11H11FO2. The second-order valence-electron chi connectivity index (χ2n) is 3.84. The van der Waals surface area contributed by atoms with E-state index >= 15 is 0 Å². The zero-order valence-electron chi connectivity index (χ0n) is 7.83. The van der Waals surface area contributed by atoms with E-state index in [9.17, 15) is 9.18 Å². The van der Waals surface area contributed by atoms with Gasteiger partial charge in [0, 0.05) is 0 Å². The highest BCUT2D eigenvalue weighted by molar-refractivity contribution is 5.78. The van der Waals surface area contributed by atoms with Crippen molar-refractivity contribution in [3.8, 4) is 0 Å². The zero-order valence-corrected chi connectivity index (χ0v) is 7.83. The molecule has 74 valence electrons. The number of carbonyl (C=O) groups is 1. The van der Waals surface area contributed by atoms with Crippen molar-refractivity contribution >= 4 is 5.97 Å². The number of carboxylic acid groups (broad SMARTS) is 1. The lowest BCUT2D eigenvalue weighted by atomic mass is 9.94. The van der Waals surface area contributed by atoms with E-state index in [1.165, 1.54) is 12.1 Å². The highest BCUT2D eigenvalue weighted by Gasteiger charge is 2.34. The van der Waals surface area contributed by atoms with Crippen LogP contribution in [0.3, 0.4) is 0 Å². The Morgan fingerprint density at radius 1 is 1.57 bits per heavy atom. The van der Waals surface area contributed by atoms with Crippen LogP contribution in [0.1, 0.15) is 24.0 Å². The van der Waals surface area contributed by atoms with E-state index in [1.807, 2.05) is 6.92 Å². The summed E-state index contributed by atoms with van der Waals surface area (Å²) in [4.78, 5) is 11.0. The highest BCUT2D eigenvalue weighted by atomic mass is 19.1. The molecule has 0 heterocycles. The van der Waals surface area contributed by atoms with Crippen LogP contribution >= 0.6 is 0 Å². The van der Waals surface area contributed by atoms with Crippen LogP contribution in [0.2, 0.25) is 0 Å². The van der Waals surface area contributed by atoms with Crippen molar-refractivity contribution in [2.45, 2.75) is 19.3 Å². The topological polar surface area (TPSA) is 37.3 Å². The first-order valence-electron chi connectivity index (χ1n) is 4.60. The van der Waals surface area contributed by atoms with Gasteiger partial charge in [-0.2, -0.15) is 0 Å². The lowest BCUT2D eigenvalue weighted by Gasteiger charge is -2.10. The lowest BCUT2D eigenvalue weighted by Crippen LogP contribution is -2.14. The molecule has 0 saturated heterocycles. The summed E-state index contributed by atoms with van der Waals surface area (Å²) in [5.41, 5.74) is 1.61. The zero-order chi connectivity index (χ0) is 10.3. The van der Waals surface area contributed by atoms with Crippen molar-refractivity contribution in [1.29, 1.82) is 0 Å². The predicted molar refractivity (Wildman–Crippen MR) is 49.6 cm³/mol.